The zero-order valence-electron chi connectivity index (χ0n) is 7.40. The fourth-order valence-electron chi connectivity index (χ4n) is 1.30. The maximum absolute atomic E-state index is 12.3. The Morgan fingerprint density at radius 1 is 1.00 bits per heavy atom. The lowest BCUT2D eigenvalue weighted by molar-refractivity contribution is 0.151. The highest BCUT2D eigenvalue weighted by molar-refractivity contribution is 5.33. The van der Waals surface area contributed by atoms with Crippen LogP contribution in [0.4, 0.5) is 8.78 Å². The van der Waals surface area contributed by atoms with E-state index in [2.05, 4.69) is 0 Å². The van der Waals surface area contributed by atoms with Crippen molar-refractivity contribution in [3.05, 3.63) is 54.4 Å². The van der Waals surface area contributed by atoms with E-state index in [9.17, 15) is 8.78 Å². The number of nitrogens with zero attached hydrogens (tertiary/aromatic N) is 1. The van der Waals surface area contributed by atoms with Crippen LogP contribution in [0, 0.1) is 0 Å². The standard InChI is InChI=1S/C11H9F2N/c12-11(13)9-6-7-14(8-9)10-4-2-1-3-5-10/h1-8,11H. The summed E-state index contributed by atoms with van der Waals surface area (Å²) in [5, 5.41) is 0. The van der Waals surface area contributed by atoms with Crippen molar-refractivity contribution in [3.8, 4) is 5.69 Å². The molecule has 1 nitrogen and oxygen atoms in total. The van der Waals surface area contributed by atoms with Gasteiger partial charge in [-0.2, -0.15) is 0 Å². The molecule has 0 atom stereocenters. The topological polar surface area (TPSA) is 4.93 Å². The van der Waals surface area contributed by atoms with Crippen molar-refractivity contribution in [2.75, 3.05) is 0 Å². The van der Waals surface area contributed by atoms with Gasteiger partial charge in [0.1, 0.15) is 0 Å². The average molecular weight is 193 g/mol. The van der Waals surface area contributed by atoms with Gasteiger partial charge in [-0.05, 0) is 18.2 Å². The molecule has 0 fully saturated rings. The molecule has 0 amide bonds. The Bertz CT molecular complexity index is 406. The first kappa shape index (κ1) is 8.94. The number of hydrogen-bond acceptors (Lipinski definition) is 0. The highest BCUT2D eigenvalue weighted by Gasteiger charge is 2.08. The minimum atomic E-state index is -2.40. The molecule has 2 rings (SSSR count). The number of rotatable bonds is 2. The minimum absolute atomic E-state index is 0.0499. The van der Waals surface area contributed by atoms with E-state index in [0.717, 1.165) is 5.69 Å². The molecule has 0 spiro atoms. The summed E-state index contributed by atoms with van der Waals surface area (Å²) >= 11 is 0. The summed E-state index contributed by atoms with van der Waals surface area (Å²) in [7, 11) is 0. The van der Waals surface area contributed by atoms with Crippen LogP contribution in [-0.2, 0) is 0 Å². The van der Waals surface area contributed by atoms with Crippen LogP contribution < -0.4 is 0 Å². The molecule has 1 aromatic heterocycles. The molecule has 0 bridgehead atoms. The van der Waals surface area contributed by atoms with E-state index >= 15 is 0 Å². The normalized spacial score (nSPS) is 10.8. The van der Waals surface area contributed by atoms with Gasteiger partial charge >= 0.3 is 0 Å². The molecule has 2 aromatic rings. The fraction of sp³-hybridized carbons (Fsp3) is 0.0909. The zero-order valence-corrected chi connectivity index (χ0v) is 7.40. The third kappa shape index (κ3) is 1.66. The van der Waals surface area contributed by atoms with Gasteiger partial charge < -0.3 is 4.57 Å². The van der Waals surface area contributed by atoms with E-state index < -0.39 is 6.43 Å². The maximum Gasteiger partial charge on any atom is 0.265 e. The highest BCUT2D eigenvalue weighted by Crippen LogP contribution is 2.20. The molecular weight excluding hydrogens is 184 g/mol. The van der Waals surface area contributed by atoms with Gasteiger partial charge in [-0.1, -0.05) is 18.2 Å². The summed E-state index contributed by atoms with van der Waals surface area (Å²) in [6.45, 7) is 0. The number of halogens is 2. The molecule has 1 heterocycles. The Kier molecular flexibility index (Phi) is 2.31. The van der Waals surface area contributed by atoms with Gasteiger partial charge in [0.05, 0.1) is 0 Å². The van der Waals surface area contributed by atoms with Crippen LogP contribution in [0.25, 0.3) is 5.69 Å². The molecule has 0 saturated carbocycles. The Morgan fingerprint density at radius 3 is 2.29 bits per heavy atom. The van der Waals surface area contributed by atoms with Crippen LogP contribution in [-0.4, -0.2) is 4.57 Å². The number of hydrogen-bond donors (Lipinski definition) is 0. The smallest absolute Gasteiger partial charge is 0.265 e. The van der Waals surface area contributed by atoms with E-state index in [-0.39, 0.29) is 5.56 Å². The summed E-state index contributed by atoms with van der Waals surface area (Å²) < 4.78 is 26.2. The van der Waals surface area contributed by atoms with Gasteiger partial charge in [-0.15, -0.1) is 0 Å². The molecule has 0 radical (unpaired) electrons. The molecule has 0 aliphatic rings. The van der Waals surface area contributed by atoms with Crippen LogP contribution in [0.2, 0.25) is 0 Å². The number of aromatic nitrogens is 1. The summed E-state index contributed by atoms with van der Waals surface area (Å²) in [6, 6.07) is 10.8. The fourth-order valence-corrected chi connectivity index (χ4v) is 1.30. The zero-order chi connectivity index (χ0) is 9.97. The van der Waals surface area contributed by atoms with Crippen molar-refractivity contribution in [2.45, 2.75) is 6.43 Å². The van der Waals surface area contributed by atoms with Gasteiger partial charge in [0.15, 0.2) is 0 Å². The Labute approximate surface area is 80.6 Å². The molecule has 1 aromatic carbocycles. The SMILES string of the molecule is FC(F)c1ccn(-c2ccccc2)c1. The second-order valence-electron chi connectivity index (χ2n) is 2.99. The van der Waals surface area contributed by atoms with Crippen LogP contribution in [0.15, 0.2) is 48.8 Å². The highest BCUT2D eigenvalue weighted by atomic mass is 19.3. The lowest BCUT2D eigenvalue weighted by Gasteiger charge is -2.00. The lowest BCUT2D eigenvalue weighted by Crippen LogP contribution is -1.88. The van der Waals surface area contributed by atoms with Crippen LogP contribution in [0.1, 0.15) is 12.0 Å². The number of para-hydroxylation sites is 1. The molecular formula is C11H9F2N. The molecule has 0 N–H and O–H groups in total. The van der Waals surface area contributed by atoms with Crippen molar-refractivity contribution in [1.29, 1.82) is 0 Å². The van der Waals surface area contributed by atoms with Crippen LogP contribution in [0.5, 0.6) is 0 Å². The van der Waals surface area contributed by atoms with Crippen LogP contribution >= 0.6 is 0 Å². The molecule has 72 valence electrons. The first-order valence-corrected chi connectivity index (χ1v) is 4.29. The summed E-state index contributed by atoms with van der Waals surface area (Å²) in [6.07, 6.45) is 0.677. The number of alkyl halides is 2. The van der Waals surface area contributed by atoms with E-state index in [4.69, 9.17) is 0 Å². The summed E-state index contributed by atoms with van der Waals surface area (Å²) in [4.78, 5) is 0. The minimum Gasteiger partial charge on any atom is -0.323 e. The van der Waals surface area contributed by atoms with Crippen molar-refractivity contribution >= 4 is 0 Å². The van der Waals surface area contributed by atoms with Crippen molar-refractivity contribution in [2.24, 2.45) is 0 Å². The average Bonchev–Trinajstić information content (AvgIpc) is 2.68. The van der Waals surface area contributed by atoms with Crippen molar-refractivity contribution in [3.63, 3.8) is 0 Å². The van der Waals surface area contributed by atoms with Crippen molar-refractivity contribution in [1.82, 2.24) is 4.57 Å². The third-order valence-corrected chi connectivity index (χ3v) is 2.02. The second-order valence-corrected chi connectivity index (χ2v) is 2.99. The first-order chi connectivity index (χ1) is 6.77. The summed E-state index contributed by atoms with van der Waals surface area (Å²) in [5.74, 6) is 0. The second kappa shape index (κ2) is 3.62. The Hall–Kier alpha value is -1.64. The molecule has 14 heavy (non-hydrogen) atoms. The monoisotopic (exact) mass is 193 g/mol. The maximum atomic E-state index is 12.3. The lowest BCUT2D eigenvalue weighted by atomic mass is 10.3. The predicted octanol–water partition coefficient (Wildman–Crippen LogP) is 3.41. The molecule has 0 aliphatic heterocycles. The van der Waals surface area contributed by atoms with Gasteiger partial charge in [-0.25, -0.2) is 8.78 Å². The van der Waals surface area contributed by atoms with Crippen LogP contribution in [0.3, 0.4) is 0 Å². The summed E-state index contributed by atoms with van der Waals surface area (Å²) in [5.41, 5.74) is 0.938. The first-order valence-electron chi connectivity index (χ1n) is 4.29. The molecule has 3 heteroatoms. The molecule has 0 aliphatic carbocycles. The van der Waals surface area contributed by atoms with E-state index in [1.807, 2.05) is 30.3 Å². The third-order valence-electron chi connectivity index (χ3n) is 2.02. The van der Waals surface area contributed by atoms with Gasteiger partial charge in [0.2, 0.25) is 0 Å². The predicted molar refractivity (Wildman–Crippen MR) is 50.7 cm³/mol. The Balaban J connectivity index is 2.34. The van der Waals surface area contributed by atoms with Crippen molar-refractivity contribution < 1.29 is 8.78 Å². The quantitative estimate of drug-likeness (QED) is 0.688. The largest absolute Gasteiger partial charge is 0.323 e. The van der Waals surface area contributed by atoms with Gasteiger partial charge in [-0.3, -0.25) is 0 Å². The Morgan fingerprint density at radius 2 is 1.71 bits per heavy atom. The van der Waals surface area contributed by atoms with Gasteiger partial charge in [0.25, 0.3) is 6.43 Å². The van der Waals surface area contributed by atoms with E-state index in [1.54, 1.807) is 10.8 Å². The van der Waals surface area contributed by atoms with E-state index in [0.29, 0.717) is 0 Å². The number of benzene rings is 1. The van der Waals surface area contributed by atoms with E-state index in [1.165, 1.54) is 12.3 Å². The molecule has 0 unspecified atom stereocenters. The molecule has 0 saturated heterocycles. The van der Waals surface area contributed by atoms with Gasteiger partial charge in [0, 0.05) is 23.6 Å².